The van der Waals surface area contributed by atoms with Gasteiger partial charge in [-0.25, -0.2) is 4.98 Å². The summed E-state index contributed by atoms with van der Waals surface area (Å²) in [5.41, 5.74) is 5.92. The van der Waals surface area contributed by atoms with Gasteiger partial charge in [0.25, 0.3) is 0 Å². The van der Waals surface area contributed by atoms with Crippen molar-refractivity contribution in [3.05, 3.63) is 18.3 Å². The lowest BCUT2D eigenvalue weighted by atomic mass is 10.1. The van der Waals surface area contributed by atoms with Gasteiger partial charge in [0.2, 0.25) is 11.7 Å². The second-order valence-electron chi connectivity index (χ2n) is 4.09. The Morgan fingerprint density at radius 1 is 1.44 bits per heavy atom. The molecule has 0 saturated heterocycles. The molecular weight excluding hydrogens is 206 g/mol. The van der Waals surface area contributed by atoms with Gasteiger partial charge in [0.1, 0.15) is 0 Å². The lowest BCUT2D eigenvalue weighted by Gasteiger charge is -2.09. The normalized spacial score (nSPS) is 13.3. The number of nitrogens with two attached hydrogens (primary N) is 1. The van der Waals surface area contributed by atoms with E-state index in [-0.39, 0.29) is 12.0 Å². The molecule has 2 aromatic rings. The van der Waals surface area contributed by atoms with Crippen LogP contribution >= 0.6 is 0 Å². The van der Waals surface area contributed by atoms with E-state index < -0.39 is 0 Å². The monoisotopic (exact) mass is 221 g/mol. The largest absolute Gasteiger partial charge is 0.337 e. The van der Waals surface area contributed by atoms with E-state index in [4.69, 9.17) is 10.3 Å². The summed E-state index contributed by atoms with van der Waals surface area (Å²) in [5, 5.41) is 3.87. The number of aromatic nitrogens is 4. The minimum atomic E-state index is -0.235. The van der Waals surface area contributed by atoms with Gasteiger partial charge in [0.05, 0.1) is 6.04 Å². The number of hydrogen-bond donors (Lipinski definition) is 1. The second kappa shape index (κ2) is 4.05. The minimum Gasteiger partial charge on any atom is -0.337 e. The summed E-state index contributed by atoms with van der Waals surface area (Å²) < 4.78 is 6.96. The number of rotatable bonds is 3. The maximum atomic E-state index is 5.92. The average molecular weight is 221 g/mol. The van der Waals surface area contributed by atoms with Gasteiger partial charge in [0.15, 0.2) is 5.82 Å². The Morgan fingerprint density at radius 3 is 2.75 bits per heavy atom. The minimum absolute atomic E-state index is 0.235. The molecule has 86 valence electrons. The van der Waals surface area contributed by atoms with E-state index in [9.17, 15) is 0 Å². The molecule has 0 unspecified atom stereocenters. The van der Waals surface area contributed by atoms with Crippen molar-refractivity contribution in [2.24, 2.45) is 18.7 Å². The first kappa shape index (κ1) is 10.8. The van der Waals surface area contributed by atoms with Crippen LogP contribution in [-0.4, -0.2) is 19.7 Å². The molecule has 2 aromatic heterocycles. The number of nitrogens with zero attached hydrogens (tertiary/aromatic N) is 4. The maximum Gasteiger partial charge on any atom is 0.244 e. The third kappa shape index (κ3) is 1.83. The van der Waals surface area contributed by atoms with Gasteiger partial charge >= 0.3 is 0 Å². The van der Waals surface area contributed by atoms with Crippen LogP contribution < -0.4 is 5.73 Å². The summed E-state index contributed by atoms with van der Waals surface area (Å²) >= 11 is 0. The number of imidazole rings is 1. The highest BCUT2D eigenvalue weighted by Crippen LogP contribution is 2.19. The first-order valence-electron chi connectivity index (χ1n) is 5.16. The van der Waals surface area contributed by atoms with Crippen molar-refractivity contribution in [2.75, 3.05) is 0 Å². The first-order chi connectivity index (χ1) is 7.59. The van der Waals surface area contributed by atoms with Gasteiger partial charge in [-0.15, -0.1) is 0 Å². The Labute approximate surface area is 93.5 Å². The van der Waals surface area contributed by atoms with Crippen molar-refractivity contribution in [3.63, 3.8) is 0 Å². The van der Waals surface area contributed by atoms with E-state index in [1.807, 2.05) is 31.7 Å². The van der Waals surface area contributed by atoms with E-state index in [0.717, 1.165) is 0 Å². The quantitative estimate of drug-likeness (QED) is 0.839. The number of hydrogen-bond acceptors (Lipinski definition) is 5. The van der Waals surface area contributed by atoms with Crippen molar-refractivity contribution >= 4 is 0 Å². The highest BCUT2D eigenvalue weighted by Gasteiger charge is 2.19. The zero-order valence-electron chi connectivity index (χ0n) is 9.58. The third-order valence-corrected chi connectivity index (χ3v) is 2.47. The molecule has 0 fully saturated rings. The second-order valence-corrected chi connectivity index (χ2v) is 4.09. The van der Waals surface area contributed by atoms with Gasteiger partial charge in [-0.05, 0) is 5.92 Å². The Hall–Kier alpha value is -1.69. The summed E-state index contributed by atoms with van der Waals surface area (Å²) in [4.78, 5) is 8.39. The third-order valence-electron chi connectivity index (χ3n) is 2.47. The Balaban J connectivity index is 2.30. The average Bonchev–Trinajstić information content (AvgIpc) is 2.84. The lowest BCUT2D eigenvalue weighted by Crippen LogP contribution is -2.16. The van der Waals surface area contributed by atoms with Crippen molar-refractivity contribution in [1.82, 2.24) is 19.7 Å². The van der Waals surface area contributed by atoms with Gasteiger partial charge in [0, 0.05) is 19.4 Å². The van der Waals surface area contributed by atoms with Crippen LogP contribution in [0.5, 0.6) is 0 Å². The van der Waals surface area contributed by atoms with Gasteiger partial charge < -0.3 is 14.8 Å². The van der Waals surface area contributed by atoms with E-state index in [0.29, 0.717) is 17.5 Å². The van der Waals surface area contributed by atoms with E-state index in [1.165, 1.54) is 0 Å². The SMILES string of the molecule is CC(C)[C@@H](N)c1nc(-c2nccn2C)no1. The van der Waals surface area contributed by atoms with Crippen LogP contribution in [0.15, 0.2) is 16.9 Å². The summed E-state index contributed by atoms with van der Waals surface area (Å²) in [6.07, 6.45) is 3.52. The van der Waals surface area contributed by atoms with Crippen LogP contribution in [0.3, 0.4) is 0 Å². The molecule has 0 aliphatic heterocycles. The molecule has 2 heterocycles. The molecular formula is C10H15N5O. The zero-order valence-corrected chi connectivity index (χ0v) is 9.58. The fraction of sp³-hybridized carbons (Fsp3) is 0.500. The van der Waals surface area contributed by atoms with Crippen LogP contribution in [-0.2, 0) is 7.05 Å². The molecule has 2 rings (SSSR count). The van der Waals surface area contributed by atoms with Crippen LogP contribution in [0.25, 0.3) is 11.6 Å². The molecule has 16 heavy (non-hydrogen) atoms. The fourth-order valence-electron chi connectivity index (χ4n) is 1.33. The van der Waals surface area contributed by atoms with Crippen LogP contribution in [0.1, 0.15) is 25.8 Å². The Morgan fingerprint density at radius 2 is 2.19 bits per heavy atom. The summed E-state index contributed by atoms with van der Waals surface area (Å²) in [7, 11) is 1.88. The molecule has 2 N–H and O–H groups in total. The first-order valence-corrected chi connectivity index (χ1v) is 5.16. The highest BCUT2D eigenvalue weighted by atomic mass is 16.5. The van der Waals surface area contributed by atoms with Crippen molar-refractivity contribution < 1.29 is 4.52 Å². The molecule has 0 aliphatic rings. The van der Waals surface area contributed by atoms with Crippen LogP contribution in [0, 0.1) is 5.92 Å². The fourth-order valence-corrected chi connectivity index (χ4v) is 1.33. The van der Waals surface area contributed by atoms with Crippen LogP contribution in [0.4, 0.5) is 0 Å². The highest BCUT2D eigenvalue weighted by molar-refractivity contribution is 5.42. The summed E-state index contributed by atoms with van der Waals surface area (Å²) in [6, 6.07) is -0.235. The van der Waals surface area contributed by atoms with Crippen molar-refractivity contribution in [1.29, 1.82) is 0 Å². The van der Waals surface area contributed by atoms with Gasteiger partial charge in [-0.2, -0.15) is 4.98 Å². The van der Waals surface area contributed by atoms with Crippen LogP contribution in [0.2, 0.25) is 0 Å². The Kier molecular flexibility index (Phi) is 2.74. The lowest BCUT2D eigenvalue weighted by molar-refractivity contribution is 0.325. The molecule has 1 atom stereocenters. The molecule has 6 heteroatoms. The summed E-state index contributed by atoms with van der Waals surface area (Å²) in [6.45, 7) is 4.02. The smallest absolute Gasteiger partial charge is 0.244 e. The predicted octanol–water partition coefficient (Wildman–Crippen LogP) is 1.13. The predicted molar refractivity (Wildman–Crippen MR) is 58.3 cm³/mol. The van der Waals surface area contributed by atoms with Crippen molar-refractivity contribution in [3.8, 4) is 11.6 Å². The molecule has 0 amide bonds. The number of aryl methyl sites for hydroxylation is 1. The molecule has 0 bridgehead atoms. The molecule has 0 saturated carbocycles. The standard InChI is InChI=1S/C10H15N5O/c1-6(2)7(11)10-13-8(14-16-10)9-12-4-5-15(9)3/h4-7H,11H2,1-3H3/t7-/m1/s1. The van der Waals surface area contributed by atoms with E-state index in [2.05, 4.69) is 15.1 Å². The van der Waals surface area contributed by atoms with Gasteiger partial charge in [-0.3, -0.25) is 0 Å². The molecule has 0 radical (unpaired) electrons. The van der Waals surface area contributed by atoms with Crippen molar-refractivity contribution in [2.45, 2.75) is 19.9 Å². The Bertz CT molecular complexity index is 473. The maximum absolute atomic E-state index is 5.92. The molecule has 0 spiro atoms. The summed E-state index contributed by atoms with van der Waals surface area (Å²) in [5.74, 6) is 1.85. The molecule has 0 aliphatic carbocycles. The van der Waals surface area contributed by atoms with Gasteiger partial charge in [-0.1, -0.05) is 19.0 Å². The van der Waals surface area contributed by atoms with E-state index in [1.54, 1.807) is 6.20 Å². The zero-order chi connectivity index (χ0) is 11.7. The van der Waals surface area contributed by atoms with E-state index >= 15 is 0 Å². The molecule has 6 nitrogen and oxygen atoms in total. The molecule has 0 aromatic carbocycles. The topological polar surface area (TPSA) is 82.8 Å².